The van der Waals surface area contributed by atoms with Gasteiger partial charge in [-0.15, -0.1) is 0 Å². The maximum Gasteiger partial charge on any atom is 0.253 e. The molecule has 4 rings (SSSR count). The molecule has 7 heteroatoms. The maximum atomic E-state index is 13.3. The highest BCUT2D eigenvalue weighted by molar-refractivity contribution is 5.95. The number of likely N-dealkylation sites (tertiary alicyclic amines) is 1. The second-order valence-corrected chi connectivity index (χ2v) is 9.95. The molecule has 0 aliphatic carbocycles. The van der Waals surface area contributed by atoms with Crippen LogP contribution in [0.3, 0.4) is 0 Å². The predicted molar refractivity (Wildman–Crippen MR) is 138 cm³/mol. The highest BCUT2D eigenvalue weighted by atomic mass is 16.5. The first-order chi connectivity index (χ1) is 17.4. The average Bonchev–Trinajstić information content (AvgIpc) is 2.89. The Morgan fingerprint density at radius 1 is 1.06 bits per heavy atom. The van der Waals surface area contributed by atoms with E-state index in [0.717, 1.165) is 25.7 Å². The van der Waals surface area contributed by atoms with E-state index in [1.807, 2.05) is 49.1 Å². The Hall–Kier alpha value is -2.61. The van der Waals surface area contributed by atoms with Crippen molar-refractivity contribution < 1.29 is 28.5 Å². The van der Waals surface area contributed by atoms with Crippen LogP contribution in [-0.4, -0.2) is 69.1 Å². The molecule has 0 saturated carbocycles. The first kappa shape index (κ1) is 26.5. The largest absolute Gasteiger partial charge is 0.493 e. The summed E-state index contributed by atoms with van der Waals surface area (Å²) in [5.74, 6) is 1.21. The molecule has 2 heterocycles. The number of carbonyl (C=O) groups excluding carboxylic acids is 1. The van der Waals surface area contributed by atoms with Gasteiger partial charge >= 0.3 is 0 Å². The van der Waals surface area contributed by atoms with Crippen LogP contribution in [0.1, 0.15) is 61.6 Å². The summed E-state index contributed by atoms with van der Waals surface area (Å²) in [5.41, 5.74) is 1.47. The molecule has 2 aromatic rings. The highest BCUT2D eigenvalue weighted by Gasteiger charge is 2.45. The Bertz CT molecular complexity index is 987. The summed E-state index contributed by atoms with van der Waals surface area (Å²) in [6, 6.07) is 15.8. The zero-order valence-corrected chi connectivity index (χ0v) is 21.9. The number of benzene rings is 2. The molecule has 0 aromatic heterocycles. The van der Waals surface area contributed by atoms with Crippen molar-refractivity contribution in [3.8, 4) is 11.5 Å². The Labute approximate surface area is 214 Å². The molecule has 2 aliphatic heterocycles. The fourth-order valence-corrected chi connectivity index (χ4v) is 5.21. The van der Waals surface area contributed by atoms with Gasteiger partial charge in [0.15, 0.2) is 11.5 Å². The minimum atomic E-state index is -0.306. The second-order valence-electron chi connectivity index (χ2n) is 9.95. The number of amides is 1. The number of ether oxygens (including phenoxy) is 5. The Kier molecular flexibility index (Phi) is 8.88. The summed E-state index contributed by atoms with van der Waals surface area (Å²) in [4.78, 5) is 15.3. The van der Waals surface area contributed by atoms with E-state index in [0.29, 0.717) is 43.4 Å². The van der Waals surface area contributed by atoms with E-state index < -0.39 is 0 Å². The number of piperidine rings is 1. The number of nitrogens with zero attached hydrogens (tertiary/aromatic N) is 1. The molecule has 36 heavy (non-hydrogen) atoms. The SMILES string of the molecule is COCCO[C@H]1C[C@@H](c2ccccc2)OC2(CCN(C(=O)c3ccc(OC(C)C)c(OC)c3)CC2)C1. The van der Waals surface area contributed by atoms with Crippen molar-refractivity contribution in [1.29, 1.82) is 0 Å². The molecular formula is C29H39NO6. The number of methoxy groups -OCH3 is 2. The lowest BCUT2D eigenvalue weighted by Gasteiger charge is -2.49. The Morgan fingerprint density at radius 2 is 1.81 bits per heavy atom. The van der Waals surface area contributed by atoms with Crippen LogP contribution >= 0.6 is 0 Å². The molecule has 2 fully saturated rings. The highest BCUT2D eigenvalue weighted by Crippen LogP contribution is 2.44. The van der Waals surface area contributed by atoms with Crippen LogP contribution in [0.2, 0.25) is 0 Å². The van der Waals surface area contributed by atoms with Crippen molar-refractivity contribution in [2.75, 3.05) is 40.5 Å². The van der Waals surface area contributed by atoms with E-state index >= 15 is 0 Å². The normalized spacial score (nSPS) is 21.5. The monoisotopic (exact) mass is 497 g/mol. The molecule has 2 aliphatic rings. The summed E-state index contributed by atoms with van der Waals surface area (Å²) >= 11 is 0. The predicted octanol–water partition coefficient (Wildman–Crippen LogP) is 5.04. The molecule has 0 radical (unpaired) electrons. The van der Waals surface area contributed by atoms with Gasteiger partial charge in [-0.3, -0.25) is 4.79 Å². The Morgan fingerprint density at radius 3 is 2.47 bits per heavy atom. The van der Waals surface area contributed by atoms with Gasteiger partial charge in [0.05, 0.1) is 44.2 Å². The first-order valence-corrected chi connectivity index (χ1v) is 12.9. The quantitative estimate of drug-likeness (QED) is 0.452. The van der Waals surface area contributed by atoms with Crippen LogP contribution in [0.25, 0.3) is 0 Å². The Balaban J connectivity index is 1.44. The van der Waals surface area contributed by atoms with E-state index in [1.165, 1.54) is 5.56 Å². The smallest absolute Gasteiger partial charge is 0.253 e. The van der Waals surface area contributed by atoms with Gasteiger partial charge in [-0.2, -0.15) is 0 Å². The lowest BCUT2D eigenvalue weighted by molar-refractivity contribution is -0.192. The molecule has 0 bridgehead atoms. The van der Waals surface area contributed by atoms with Crippen molar-refractivity contribution in [1.82, 2.24) is 4.90 Å². The molecule has 2 aromatic carbocycles. The van der Waals surface area contributed by atoms with Gasteiger partial charge in [0, 0.05) is 38.6 Å². The van der Waals surface area contributed by atoms with E-state index in [4.69, 9.17) is 23.7 Å². The molecule has 2 atom stereocenters. The minimum Gasteiger partial charge on any atom is -0.493 e. The van der Waals surface area contributed by atoms with Gasteiger partial charge < -0.3 is 28.6 Å². The average molecular weight is 498 g/mol. The molecule has 2 saturated heterocycles. The molecule has 1 amide bonds. The molecule has 0 N–H and O–H groups in total. The fraction of sp³-hybridized carbons (Fsp3) is 0.552. The third-order valence-corrected chi connectivity index (χ3v) is 7.02. The van der Waals surface area contributed by atoms with Gasteiger partial charge in [0.25, 0.3) is 5.91 Å². The van der Waals surface area contributed by atoms with Crippen molar-refractivity contribution in [2.45, 2.75) is 63.4 Å². The molecule has 0 unspecified atom stereocenters. The fourth-order valence-electron chi connectivity index (χ4n) is 5.21. The third kappa shape index (κ3) is 6.38. The summed E-state index contributed by atoms with van der Waals surface area (Å²) in [5, 5.41) is 0. The van der Waals surface area contributed by atoms with Crippen LogP contribution in [0, 0.1) is 0 Å². The van der Waals surface area contributed by atoms with Crippen LogP contribution in [0.15, 0.2) is 48.5 Å². The van der Waals surface area contributed by atoms with E-state index in [-0.39, 0.29) is 29.8 Å². The standard InChI is InChI=1S/C29H39NO6/c1-21(2)35-25-11-10-23(18-27(25)33-4)28(31)30-14-12-29(13-15-30)20-24(34-17-16-32-3)19-26(36-29)22-8-6-5-7-9-22/h5-11,18,21,24,26H,12-17,19-20H2,1-4H3/t24-,26-/m0/s1. The summed E-state index contributed by atoms with van der Waals surface area (Å²) in [7, 11) is 3.28. The van der Waals surface area contributed by atoms with Crippen molar-refractivity contribution in [3.63, 3.8) is 0 Å². The number of hydrogen-bond donors (Lipinski definition) is 0. The zero-order valence-electron chi connectivity index (χ0n) is 21.9. The zero-order chi connectivity index (χ0) is 25.5. The maximum absolute atomic E-state index is 13.3. The summed E-state index contributed by atoms with van der Waals surface area (Å²) in [6.45, 7) is 6.35. The second kappa shape index (κ2) is 12.1. The number of rotatable bonds is 9. The van der Waals surface area contributed by atoms with Crippen LogP contribution < -0.4 is 9.47 Å². The third-order valence-electron chi connectivity index (χ3n) is 7.02. The van der Waals surface area contributed by atoms with E-state index in [2.05, 4.69) is 12.1 Å². The van der Waals surface area contributed by atoms with Crippen molar-refractivity contribution >= 4 is 5.91 Å². The number of hydrogen-bond acceptors (Lipinski definition) is 6. The van der Waals surface area contributed by atoms with Gasteiger partial charge in [0.1, 0.15) is 0 Å². The lowest BCUT2D eigenvalue weighted by Crippen LogP contribution is -2.52. The summed E-state index contributed by atoms with van der Waals surface area (Å²) in [6.07, 6.45) is 3.30. The van der Waals surface area contributed by atoms with Crippen LogP contribution in [-0.2, 0) is 14.2 Å². The van der Waals surface area contributed by atoms with Crippen molar-refractivity contribution in [3.05, 3.63) is 59.7 Å². The molecule has 1 spiro atoms. The van der Waals surface area contributed by atoms with E-state index in [1.54, 1.807) is 20.3 Å². The van der Waals surface area contributed by atoms with Gasteiger partial charge in [0.2, 0.25) is 0 Å². The molecule has 7 nitrogen and oxygen atoms in total. The van der Waals surface area contributed by atoms with Gasteiger partial charge in [-0.05, 0) is 50.5 Å². The van der Waals surface area contributed by atoms with Crippen LogP contribution in [0.5, 0.6) is 11.5 Å². The first-order valence-electron chi connectivity index (χ1n) is 12.9. The van der Waals surface area contributed by atoms with Gasteiger partial charge in [-0.1, -0.05) is 30.3 Å². The van der Waals surface area contributed by atoms with Crippen molar-refractivity contribution in [2.24, 2.45) is 0 Å². The summed E-state index contributed by atoms with van der Waals surface area (Å²) < 4.78 is 29.4. The van der Waals surface area contributed by atoms with Crippen LogP contribution in [0.4, 0.5) is 0 Å². The minimum absolute atomic E-state index is 0.00237. The topological polar surface area (TPSA) is 66.5 Å². The number of carbonyl (C=O) groups is 1. The van der Waals surface area contributed by atoms with E-state index in [9.17, 15) is 4.79 Å². The molecule has 196 valence electrons. The lowest BCUT2D eigenvalue weighted by atomic mass is 9.80. The van der Waals surface area contributed by atoms with Gasteiger partial charge in [-0.25, -0.2) is 0 Å². The molecular weight excluding hydrogens is 458 g/mol.